The van der Waals surface area contributed by atoms with Crippen molar-refractivity contribution in [1.29, 1.82) is 0 Å². The van der Waals surface area contributed by atoms with E-state index < -0.39 is 10.4 Å². The van der Waals surface area contributed by atoms with E-state index in [9.17, 15) is 0 Å². The molecule has 0 aromatic rings. The molecule has 0 atom stereocenters. The van der Waals surface area contributed by atoms with Gasteiger partial charge < -0.3 is 10.6 Å². The summed E-state index contributed by atoms with van der Waals surface area (Å²) < 4.78 is 31.6. The van der Waals surface area contributed by atoms with Crippen LogP contribution < -0.4 is 0 Å². The molecule has 5 N–H and O–H groups in total. The van der Waals surface area contributed by atoms with E-state index in [0.29, 0.717) is 0 Å². The minimum absolute atomic E-state index is 0. The van der Waals surface area contributed by atoms with Gasteiger partial charge >= 0.3 is 113 Å². The van der Waals surface area contributed by atoms with Crippen molar-refractivity contribution in [3.63, 3.8) is 0 Å². The zero-order valence-electron chi connectivity index (χ0n) is 4.35. The van der Waals surface area contributed by atoms with E-state index in [-0.39, 0.29) is 132 Å². The van der Waals surface area contributed by atoms with Gasteiger partial charge in [-0.15, -0.1) is 0 Å². The first-order valence-electron chi connectivity index (χ1n) is 1.19. The van der Waals surface area contributed by atoms with Gasteiger partial charge in [-0.2, -0.15) is 8.42 Å². The van der Waals surface area contributed by atoms with Gasteiger partial charge in [0, 0.05) is 17.1 Å². The van der Waals surface area contributed by atoms with Crippen LogP contribution in [-0.4, -0.2) is 137 Å². The van der Waals surface area contributed by atoms with E-state index in [4.69, 9.17) is 27.4 Å². The van der Waals surface area contributed by atoms with Crippen LogP contribution in [0, 0.1) is 0 Å². The summed E-state index contributed by atoms with van der Waals surface area (Å²) in [5.41, 5.74) is 0. The van der Waals surface area contributed by atoms with Crippen LogP contribution in [0.25, 0.3) is 0 Å². The summed E-state index contributed by atoms with van der Waals surface area (Å²) >= 11 is 0. The maximum atomic E-state index is 8.74. The maximum absolute atomic E-state index is 8.74. The Hall–Kier alpha value is 3.09. The molecule has 12 heavy (non-hydrogen) atoms. The first-order valence-corrected chi connectivity index (χ1v) is 2.59. The molecule has 0 aliphatic heterocycles. The first-order chi connectivity index (χ1) is 3.41. The molecule has 0 saturated heterocycles. The molecule has 0 bridgehead atoms. The Kier molecular flexibility index (Phi) is 71.7. The third kappa shape index (κ3) is 200. The van der Waals surface area contributed by atoms with Crippen LogP contribution >= 0.6 is 0 Å². The summed E-state index contributed by atoms with van der Waals surface area (Å²) in [6.45, 7) is -0.250. The van der Waals surface area contributed by atoms with E-state index >= 15 is 0 Å². The molecule has 11 heteroatoms. The molecule has 0 unspecified atom stereocenters. The van der Waals surface area contributed by atoms with Gasteiger partial charge in [-0.3, -0.25) is 13.9 Å². The van der Waals surface area contributed by atoms with Crippen molar-refractivity contribution in [1.82, 2.24) is 0 Å². The van der Waals surface area contributed by atoms with Crippen LogP contribution in [0.5, 0.6) is 0 Å². The topological polar surface area (TPSA) is 143 Å². The quantitative estimate of drug-likeness (QED) is 0.246. The molecule has 73 valence electrons. The van der Waals surface area contributed by atoms with Gasteiger partial charge in [0.15, 0.2) is 0 Å². The molecule has 0 amide bonds. The Morgan fingerprint density at radius 1 is 1.08 bits per heavy atom. The molecular weight excluding hydrogens is 298 g/mol. The van der Waals surface area contributed by atoms with Gasteiger partial charge in [-0.05, 0) is 0 Å². The van der Waals surface area contributed by atoms with Gasteiger partial charge in [0.25, 0.3) is 6.47 Å². The first kappa shape index (κ1) is 36.3. The molecule has 0 spiro atoms. The van der Waals surface area contributed by atoms with Crippen LogP contribution in [0.15, 0.2) is 0 Å². The fourth-order valence-electron chi connectivity index (χ4n) is 0. The normalized spacial score (nSPS) is 5.83. The fraction of sp³-hybridized carbons (Fsp3) is 0. The average Bonchev–Trinajstić information content (AvgIpc) is 1.27. The Morgan fingerprint density at radius 2 is 1.08 bits per heavy atom. The van der Waals surface area contributed by atoms with Crippen molar-refractivity contribution >= 4 is 120 Å². The predicted molar refractivity (Wildman–Crippen MR) is 40.8 cm³/mol. The molecule has 1 radical (unpaired) electrons. The van der Waals surface area contributed by atoms with Gasteiger partial charge in [0.05, 0.1) is 0 Å². The van der Waals surface area contributed by atoms with Crippen LogP contribution in [0.3, 0.4) is 0 Å². The van der Waals surface area contributed by atoms with Crippen LogP contribution in [-0.2, 0) is 32.3 Å². The molecule has 7 nitrogen and oxygen atoms in total. The van der Waals surface area contributed by atoms with E-state index in [2.05, 4.69) is 0 Å². The SMILES string of the molecule is O.O=CO.O=S(=O)(O)O.[Cu].[KH].[KH]. The van der Waals surface area contributed by atoms with Gasteiger partial charge in [-0.1, -0.05) is 0 Å². The minimum atomic E-state index is -4.67. The van der Waals surface area contributed by atoms with Crippen molar-refractivity contribution in [2.24, 2.45) is 0 Å². The standard InChI is InChI=1S/CH2O2.Cu.2K.H2O4S.H2O.2H/c2-1-3;;;;1-5(2,3)4;;;/h1H,(H,2,3);;;;(H2,1,2,3,4);1H2;;. The molecular formula is CH8CuK2O7S. The van der Waals surface area contributed by atoms with Crippen molar-refractivity contribution in [3.8, 4) is 0 Å². The summed E-state index contributed by atoms with van der Waals surface area (Å²) in [6.07, 6.45) is 0. The van der Waals surface area contributed by atoms with Crippen LogP contribution in [0.4, 0.5) is 0 Å². The van der Waals surface area contributed by atoms with E-state index in [0.717, 1.165) is 0 Å². The van der Waals surface area contributed by atoms with Crippen molar-refractivity contribution < 1.29 is 50.0 Å². The van der Waals surface area contributed by atoms with Gasteiger partial charge in [0.1, 0.15) is 0 Å². The van der Waals surface area contributed by atoms with Crippen LogP contribution in [0.1, 0.15) is 0 Å². The van der Waals surface area contributed by atoms with Crippen molar-refractivity contribution in [2.75, 3.05) is 0 Å². The molecule has 0 heterocycles. The predicted octanol–water partition coefficient (Wildman–Crippen LogP) is -3.08. The van der Waals surface area contributed by atoms with E-state index in [1.54, 1.807) is 0 Å². The van der Waals surface area contributed by atoms with Gasteiger partial charge in [-0.25, -0.2) is 0 Å². The Bertz CT molecular complexity index is 135. The summed E-state index contributed by atoms with van der Waals surface area (Å²) in [5.74, 6) is 0. The molecule has 0 aromatic carbocycles. The Labute approximate surface area is 165 Å². The second kappa shape index (κ2) is 23.7. The average molecular weight is 306 g/mol. The zero-order valence-corrected chi connectivity index (χ0v) is 6.11. The summed E-state index contributed by atoms with van der Waals surface area (Å²) in [4.78, 5) is 8.36. The Balaban J connectivity index is -0.0000000119. The molecule has 0 aliphatic rings. The van der Waals surface area contributed by atoms with Crippen molar-refractivity contribution in [3.05, 3.63) is 0 Å². The zero-order chi connectivity index (χ0) is 7.21. The van der Waals surface area contributed by atoms with Gasteiger partial charge in [0.2, 0.25) is 0 Å². The second-order valence-electron chi connectivity index (χ2n) is 0.553. The molecule has 0 saturated carbocycles. The third-order valence-electron chi connectivity index (χ3n) is 0. The number of hydrogen-bond acceptors (Lipinski definition) is 3. The summed E-state index contributed by atoms with van der Waals surface area (Å²) in [7, 11) is -4.67. The van der Waals surface area contributed by atoms with E-state index in [1.165, 1.54) is 0 Å². The molecule has 0 aromatic heterocycles. The molecule has 0 aliphatic carbocycles. The van der Waals surface area contributed by atoms with E-state index in [1.807, 2.05) is 0 Å². The van der Waals surface area contributed by atoms with Crippen LogP contribution in [0.2, 0.25) is 0 Å². The number of carbonyl (C=O) groups is 1. The molecule has 0 rings (SSSR count). The number of carboxylic acid groups (broad SMARTS) is 1. The second-order valence-corrected chi connectivity index (χ2v) is 1.45. The number of hydrogen-bond donors (Lipinski definition) is 3. The third-order valence-corrected chi connectivity index (χ3v) is 0. The Morgan fingerprint density at radius 3 is 1.08 bits per heavy atom. The molecule has 0 fully saturated rings. The summed E-state index contributed by atoms with van der Waals surface area (Å²) in [6, 6.07) is 0. The summed E-state index contributed by atoms with van der Waals surface area (Å²) in [5, 5.41) is 6.89. The monoisotopic (exact) mass is 305 g/mol. The van der Waals surface area contributed by atoms with Crippen molar-refractivity contribution in [2.45, 2.75) is 0 Å². The number of rotatable bonds is 0. The fourth-order valence-corrected chi connectivity index (χ4v) is 0.